The summed E-state index contributed by atoms with van der Waals surface area (Å²) < 4.78 is 1.60. The molecule has 96 valence electrons. The molecular weight excluding hydrogens is 216 g/mol. The molecule has 0 aliphatic rings. The highest BCUT2D eigenvalue weighted by molar-refractivity contribution is 5.92. The molecule has 5 heteroatoms. The molecule has 0 saturated heterocycles. The minimum Gasteiger partial charge on any atom is -0.349 e. The van der Waals surface area contributed by atoms with Crippen LogP contribution in [-0.4, -0.2) is 28.3 Å². The van der Waals surface area contributed by atoms with E-state index in [9.17, 15) is 4.79 Å². The fourth-order valence-corrected chi connectivity index (χ4v) is 1.71. The van der Waals surface area contributed by atoms with Gasteiger partial charge in [0.2, 0.25) is 0 Å². The number of aromatic nitrogens is 2. The van der Waals surface area contributed by atoms with Crippen molar-refractivity contribution in [3.63, 3.8) is 0 Å². The number of nitrogens with one attached hydrogen (secondary N) is 1. The molecule has 0 bridgehead atoms. The largest absolute Gasteiger partial charge is 0.349 e. The van der Waals surface area contributed by atoms with E-state index in [-0.39, 0.29) is 17.4 Å². The van der Waals surface area contributed by atoms with Crippen LogP contribution in [0.25, 0.3) is 0 Å². The average Bonchev–Trinajstić information content (AvgIpc) is 2.58. The summed E-state index contributed by atoms with van der Waals surface area (Å²) in [5, 5.41) is 6.82. The van der Waals surface area contributed by atoms with Gasteiger partial charge in [-0.2, -0.15) is 5.10 Å². The summed E-state index contributed by atoms with van der Waals surface area (Å²) in [6.07, 6.45) is 2.61. The van der Waals surface area contributed by atoms with Crippen LogP contribution in [0.2, 0.25) is 0 Å². The number of amides is 1. The van der Waals surface area contributed by atoms with Crippen molar-refractivity contribution in [3.8, 4) is 0 Å². The van der Waals surface area contributed by atoms with Crippen molar-refractivity contribution in [2.45, 2.75) is 33.2 Å². The Labute approximate surface area is 102 Å². The molecule has 1 aromatic rings. The number of aryl methyl sites for hydroxylation is 1. The van der Waals surface area contributed by atoms with Gasteiger partial charge in [0.05, 0.1) is 0 Å². The molecule has 1 aromatic heterocycles. The second kappa shape index (κ2) is 5.31. The van der Waals surface area contributed by atoms with E-state index in [1.54, 1.807) is 24.0 Å². The quantitative estimate of drug-likeness (QED) is 0.819. The molecule has 1 atom stereocenters. The number of rotatable bonds is 4. The van der Waals surface area contributed by atoms with Crippen molar-refractivity contribution >= 4 is 5.91 Å². The number of carbonyl (C=O) groups is 1. The van der Waals surface area contributed by atoms with Gasteiger partial charge in [-0.3, -0.25) is 9.48 Å². The lowest BCUT2D eigenvalue weighted by atomic mass is 9.88. The van der Waals surface area contributed by atoms with Crippen LogP contribution in [0.4, 0.5) is 0 Å². The first-order chi connectivity index (χ1) is 7.78. The SMILES string of the molecule is Cn1ccc(C(=O)NCC(N)CC(C)(C)C)n1. The Balaban J connectivity index is 2.38. The maximum absolute atomic E-state index is 11.7. The van der Waals surface area contributed by atoms with Crippen LogP contribution in [0, 0.1) is 5.41 Å². The lowest BCUT2D eigenvalue weighted by molar-refractivity contribution is 0.0943. The molecule has 0 aliphatic carbocycles. The summed E-state index contributed by atoms with van der Waals surface area (Å²) in [4.78, 5) is 11.7. The van der Waals surface area contributed by atoms with Crippen molar-refractivity contribution in [1.29, 1.82) is 0 Å². The normalized spacial score (nSPS) is 13.5. The average molecular weight is 238 g/mol. The Morgan fingerprint density at radius 1 is 1.59 bits per heavy atom. The van der Waals surface area contributed by atoms with E-state index in [1.807, 2.05) is 0 Å². The first-order valence-corrected chi connectivity index (χ1v) is 5.81. The van der Waals surface area contributed by atoms with Gasteiger partial charge < -0.3 is 11.1 Å². The van der Waals surface area contributed by atoms with Gasteiger partial charge in [-0.15, -0.1) is 0 Å². The van der Waals surface area contributed by atoms with Crippen molar-refractivity contribution in [2.75, 3.05) is 6.54 Å². The van der Waals surface area contributed by atoms with Crippen molar-refractivity contribution in [1.82, 2.24) is 15.1 Å². The van der Waals surface area contributed by atoms with Crippen molar-refractivity contribution < 1.29 is 4.79 Å². The lowest BCUT2D eigenvalue weighted by Gasteiger charge is -2.23. The standard InChI is InChI=1S/C12H22N4O/c1-12(2,3)7-9(13)8-14-11(17)10-5-6-16(4)15-10/h5-6,9H,7-8,13H2,1-4H3,(H,14,17). The minimum absolute atomic E-state index is 0.0253. The Kier molecular flexibility index (Phi) is 4.28. The van der Waals surface area contributed by atoms with E-state index in [1.165, 1.54) is 0 Å². The third-order valence-corrected chi connectivity index (χ3v) is 2.35. The van der Waals surface area contributed by atoms with Crippen LogP contribution in [0.5, 0.6) is 0 Å². The topological polar surface area (TPSA) is 72.9 Å². The zero-order chi connectivity index (χ0) is 13.1. The number of hydrogen-bond donors (Lipinski definition) is 2. The second-order valence-electron chi connectivity index (χ2n) is 5.61. The highest BCUT2D eigenvalue weighted by atomic mass is 16.1. The molecule has 0 saturated carbocycles. The Bertz CT molecular complexity index is 378. The maximum Gasteiger partial charge on any atom is 0.271 e. The van der Waals surface area contributed by atoms with E-state index in [0.717, 1.165) is 6.42 Å². The summed E-state index contributed by atoms with van der Waals surface area (Å²) in [6, 6.07) is 1.66. The summed E-state index contributed by atoms with van der Waals surface area (Å²) in [5.41, 5.74) is 6.55. The summed E-state index contributed by atoms with van der Waals surface area (Å²) in [7, 11) is 1.78. The number of nitrogens with zero attached hydrogens (tertiary/aromatic N) is 2. The Morgan fingerprint density at radius 3 is 2.71 bits per heavy atom. The lowest BCUT2D eigenvalue weighted by Crippen LogP contribution is -2.39. The van der Waals surface area contributed by atoms with E-state index in [0.29, 0.717) is 12.2 Å². The van der Waals surface area contributed by atoms with Gasteiger partial charge in [-0.05, 0) is 17.9 Å². The molecule has 1 unspecified atom stereocenters. The molecule has 0 aliphatic heterocycles. The van der Waals surface area contributed by atoms with Gasteiger partial charge in [-0.1, -0.05) is 20.8 Å². The Hall–Kier alpha value is -1.36. The summed E-state index contributed by atoms with van der Waals surface area (Å²) in [6.45, 7) is 6.88. The van der Waals surface area contributed by atoms with E-state index >= 15 is 0 Å². The van der Waals surface area contributed by atoms with Gasteiger partial charge >= 0.3 is 0 Å². The van der Waals surface area contributed by atoms with E-state index < -0.39 is 0 Å². The minimum atomic E-state index is -0.171. The van der Waals surface area contributed by atoms with Crippen LogP contribution in [0.3, 0.4) is 0 Å². The molecule has 5 nitrogen and oxygen atoms in total. The fourth-order valence-electron chi connectivity index (χ4n) is 1.71. The number of nitrogens with two attached hydrogens (primary N) is 1. The first-order valence-electron chi connectivity index (χ1n) is 5.81. The Morgan fingerprint density at radius 2 is 2.24 bits per heavy atom. The van der Waals surface area contributed by atoms with Gasteiger partial charge in [0.15, 0.2) is 0 Å². The molecule has 0 radical (unpaired) electrons. The molecule has 1 rings (SSSR count). The van der Waals surface area contributed by atoms with Crippen molar-refractivity contribution in [2.24, 2.45) is 18.2 Å². The smallest absolute Gasteiger partial charge is 0.271 e. The molecule has 3 N–H and O–H groups in total. The predicted octanol–water partition coefficient (Wildman–Crippen LogP) is 0.913. The van der Waals surface area contributed by atoms with Gasteiger partial charge in [0.1, 0.15) is 5.69 Å². The third kappa shape index (κ3) is 4.99. The molecule has 17 heavy (non-hydrogen) atoms. The third-order valence-electron chi connectivity index (χ3n) is 2.35. The van der Waals surface area contributed by atoms with Crippen LogP contribution in [0.1, 0.15) is 37.7 Å². The van der Waals surface area contributed by atoms with Crippen LogP contribution in [0.15, 0.2) is 12.3 Å². The molecule has 0 fully saturated rings. The monoisotopic (exact) mass is 238 g/mol. The maximum atomic E-state index is 11.7. The molecule has 1 amide bonds. The molecule has 1 heterocycles. The fraction of sp³-hybridized carbons (Fsp3) is 0.667. The zero-order valence-electron chi connectivity index (χ0n) is 11.0. The highest BCUT2D eigenvalue weighted by Gasteiger charge is 2.17. The van der Waals surface area contributed by atoms with E-state index in [2.05, 4.69) is 31.2 Å². The second-order valence-corrected chi connectivity index (χ2v) is 5.61. The summed E-state index contributed by atoms with van der Waals surface area (Å²) in [5.74, 6) is -0.171. The summed E-state index contributed by atoms with van der Waals surface area (Å²) >= 11 is 0. The van der Waals surface area contributed by atoms with Gasteiger partial charge in [0.25, 0.3) is 5.91 Å². The van der Waals surface area contributed by atoms with E-state index in [4.69, 9.17) is 5.73 Å². The van der Waals surface area contributed by atoms with Crippen LogP contribution in [-0.2, 0) is 7.05 Å². The number of carbonyl (C=O) groups excluding carboxylic acids is 1. The molecular formula is C12H22N4O. The number of hydrogen-bond acceptors (Lipinski definition) is 3. The molecule has 0 spiro atoms. The van der Waals surface area contributed by atoms with Gasteiger partial charge in [0, 0.05) is 25.8 Å². The van der Waals surface area contributed by atoms with Gasteiger partial charge in [-0.25, -0.2) is 0 Å². The highest BCUT2D eigenvalue weighted by Crippen LogP contribution is 2.19. The zero-order valence-corrected chi connectivity index (χ0v) is 11.0. The van der Waals surface area contributed by atoms with Crippen molar-refractivity contribution in [3.05, 3.63) is 18.0 Å². The molecule has 0 aromatic carbocycles. The predicted molar refractivity (Wildman–Crippen MR) is 67.6 cm³/mol. The van der Waals surface area contributed by atoms with Crippen LogP contribution >= 0.6 is 0 Å². The van der Waals surface area contributed by atoms with Crippen LogP contribution < -0.4 is 11.1 Å². The first kappa shape index (κ1) is 13.7.